The Balaban J connectivity index is 1.48. The van der Waals surface area contributed by atoms with Gasteiger partial charge in [0.25, 0.3) is 0 Å². The van der Waals surface area contributed by atoms with Gasteiger partial charge in [-0.05, 0) is 45.6 Å². The van der Waals surface area contributed by atoms with E-state index in [1.807, 2.05) is 54.6 Å². The van der Waals surface area contributed by atoms with Gasteiger partial charge in [-0.25, -0.2) is 9.79 Å². The number of esters is 1. The summed E-state index contributed by atoms with van der Waals surface area (Å²) in [5.41, 5.74) is 1.85. The van der Waals surface area contributed by atoms with E-state index in [0.29, 0.717) is 0 Å². The molecule has 3 rings (SSSR count). The molecule has 0 fully saturated rings. The van der Waals surface area contributed by atoms with Gasteiger partial charge in [0, 0.05) is 21.5 Å². The lowest BCUT2D eigenvalue weighted by molar-refractivity contribution is -0.138. The van der Waals surface area contributed by atoms with Crippen LogP contribution in [0.1, 0.15) is 5.56 Å². The largest absolute Gasteiger partial charge is 0.458 e. The van der Waals surface area contributed by atoms with Crippen molar-refractivity contribution in [1.29, 1.82) is 0 Å². The first kappa shape index (κ1) is 17.6. The Kier molecular flexibility index (Phi) is 6.55. The number of carbonyl (C=O) groups excluding carboxylic acids is 1. The van der Waals surface area contributed by atoms with E-state index in [1.54, 1.807) is 11.6 Å². The van der Waals surface area contributed by atoms with E-state index in [-0.39, 0.29) is 12.6 Å². The number of benzene rings is 2. The summed E-state index contributed by atoms with van der Waals surface area (Å²) in [6.07, 6.45) is 3.19. The van der Waals surface area contributed by atoms with Gasteiger partial charge in [-0.15, -0.1) is 0 Å². The second-order valence-electron chi connectivity index (χ2n) is 4.85. The van der Waals surface area contributed by atoms with Crippen LogP contribution in [0.5, 0.6) is 0 Å². The lowest BCUT2D eigenvalue weighted by Crippen LogP contribution is -2.00. The number of rotatable bonds is 6. The molecule has 1 heterocycles. The summed E-state index contributed by atoms with van der Waals surface area (Å²) in [7, 11) is 2.96. The average molecular weight is 387 g/mol. The number of hydrogen-bond acceptors (Lipinski definition) is 7. The highest BCUT2D eigenvalue weighted by Crippen LogP contribution is 2.22. The number of carbonyl (C=O) groups is 1. The molecule has 2 aromatic carbocycles. The van der Waals surface area contributed by atoms with Crippen LogP contribution in [0.4, 0.5) is 5.69 Å². The molecule has 0 unspecified atom stereocenters. The first-order valence-corrected chi connectivity index (χ1v) is 10.4. The van der Waals surface area contributed by atoms with E-state index in [1.165, 1.54) is 38.7 Å². The minimum Gasteiger partial charge on any atom is -0.458 e. The maximum Gasteiger partial charge on any atom is 0.331 e. The van der Waals surface area contributed by atoms with Gasteiger partial charge in [0.05, 0.1) is 11.9 Å². The lowest BCUT2D eigenvalue weighted by Gasteiger charge is -2.01. The quantitative estimate of drug-likeness (QED) is 0.265. The molecule has 3 aromatic rings. The molecule has 0 aliphatic carbocycles. The van der Waals surface area contributed by atoms with Crippen LogP contribution < -0.4 is 4.67 Å². The fourth-order valence-corrected chi connectivity index (χ4v) is 3.79. The third-order valence-corrected chi connectivity index (χ3v) is 5.48. The maximum atomic E-state index is 11.7. The normalized spacial score (nSPS) is 11.8. The molecule has 0 radical (unpaired) electrons. The summed E-state index contributed by atoms with van der Waals surface area (Å²) in [6, 6.07) is 17.4. The minimum atomic E-state index is -0.352. The molecule has 0 amide bonds. The van der Waals surface area contributed by atoms with Crippen molar-refractivity contribution in [1.82, 2.24) is 4.37 Å². The Morgan fingerprint density at radius 2 is 1.96 bits per heavy atom. The molecule has 1 aromatic heterocycles. The highest BCUT2D eigenvalue weighted by Gasteiger charge is 1.99. The Labute approximate surface area is 157 Å². The smallest absolute Gasteiger partial charge is 0.331 e. The predicted molar refractivity (Wildman–Crippen MR) is 103 cm³/mol. The monoisotopic (exact) mass is 386 g/mol. The van der Waals surface area contributed by atoms with E-state index >= 15 is 0 Å². The number of hydrogen-bond donors (Lipinski definition) is 0. The van der Waals surface area contributed by atoms with E-state index in [0.717, 1.165) is 20.8 Å². The predicted octanol–water partition coefficient (Wildman–Crippen LogP) is 4.79. The zero-order chi connectivity index (χ0) is 17.3. The fourth-order valence-electron chi connectivity index (χ4n) is 1.87. The molecule has 0 aliphatic heterocycles. The molecule has 7 heteroatoms. The van der Waals surface area contributed by atoms with Crippen LogP contribution in [0, 0.1) is 0 Å². The zero-order valence-corrected chi connectivity index (χ0v) is 15.5. The van der Waals surface area contributed by atoms with Crippen LogP contribution in [0.15, 0.2) is 82.2 Å². The third-order valence-electron chi connectivity index (χ3n) is 3.04. The van der Waals surface area contributed by atoms with Gasteiger partial charge in [-0.1, -0.05) is 42.1 Å². The van der Waals surface area contributed by atoms with Gasteiger partial charge in [-0.2, -0.15) is 4.37 Å². The van der Waals surface area contributed by atoms with E-state index < -0.39 is 0 Å². The van der Waals surface area contributed by atoms with Crippen molar-refractivity contribution < 1.29 is 9.53 Å². The average Bonchev–Trinajstić information content (AvgIpc) is 3.15. The van der Waals surface area contributed by atoms with Crippen LogP contribution in [0.25, 0.3) is 0 Å². The molecule has 0 bridgehead atoms. The first-order valence-electron chi connectivity index (χ1n) is 7.39. The van der Waals surface area contributed by atoms with Crippen molar-refractivity contribution in [3.63, 3.8) is 0 Å². The minimum absolute atomic E-state index is 0.281. The number of thioether (sulfide) groups is 1. The van der Waals surface area contributed by atoms with Crippen LogP contribution in [0.2, 0.25) is 0 Å². The summed E-state index contributed by atoms with van der Waals surface area (Å²) in [5.74, 6) is -0.352. The SMILES string of the molecule is O=C(/C=C/Sc1ccc(N=c2cnss2)cc1)OCc1ccccc1. The lowest BCUT2D eigenvalue weighted by atomic mass is 10.2. The van der Waals surface area contributed by atoms with Crippen molar-refractivity contribution in [3.8, 4) is 0 Å². The Morgan fingerprint density at radius 3 is 2.68 bits per heavy atom. The Bertz CT molecular complexity index is 883. The van der Waals surface area contributed by atoms with Gasteiger partial charge in [0.1, 0.15) is 11.3 Å². The van der Waals surface area contributed by atoms with Crippen molar-refractivity contribution >= 4 is 44.3 Å². The summed E-state index contributed by atoms with van der Waals surface area (Å²) in [6.45, 7) is 0.281. The van der Waals surface area contributed by atoms with Gasteiger partial charge >= 0.3 is 5.97 Å². The molecule has 4 nitrogen and oxygen atoms in total. The second kappa shape index (κ2) is 9.31. The van der Waals surface area contributed by atoms with Crippen molar-refractivity contribution in [2.75, 3.05) is 0 Å². The van der Waals surface area contributed by atoms with Gasteiger partial charge < -0.3 is 4.74 Å². The van der Waals surface area contributed by atoms with Gasteiger partial charge in [0.15, 0.2) is 0 Å². The second-order valence-corrected chi connectivity index (χ2v) is 7.72. The summed E-state index contributed by atoms with van der Waals surface area (Å²) >= 11 is 1.46. The molecule has 0 saturated heterocycles. The number of nitrogens with zero attached hydrogens (tertiary/aromatic N) is 2. The first-order chi connectivity index (χ1) is 12.3. The highest BCUT2D eigenvalue weighted by atomic mass is 32.9. The zero-order valence-electron chi connectivity index (χ0n) is 13.1. The summed E-state index contributed by atoms with van der Waals surface area (Å²) in [5, 5.41) is 1.73. The molecule has 0 saturated carbocycles. The molecule has 25 heavy (non-hydrogen) atoms. The number of aromatic nitrogens is 1. The molecular weight excluding hydrogens is 372 g/mol. The molecule has 0 N–H and O–H groups in total. The van der Waals surface area contributed by atoms with Gasteiger partial charge in [0.2, 0.25) is 0 Å². The summed E-state index contributed by atoms with van der Waals surface area (Å²) in [4.78, 5) is 17.2. The molecule has 0 aliphatic rings. The fraction of sp³-hybridized carbons (Fsp3) is 0.0556. The van der Waals surface area contributed by atoms with Crippen LogP contribution >= 0.6 is 32.6 Å². The topological polar surface area (TPSA) is 51.5 Å². The molecule has 0 atom stereocenters. The highest BCUT2D eigenvalue weighted by molar-refractivity contribution is 8.02. The van der Waals surface area contributed by atoms with Crippen molar-refractivity contribution in [3.05, 3.63) is 82.5 Å². The Morgan fingerprint density at radius 1 is 1.16 bits per heavy atom. The van der Waals surface area contributed by atoms with E-state index in [4.69, 9.17) is 4.74 Å². The third kappa shape index (κ3) is 5.97. The van der Waals surface area contributed by atoms with Crippen LogP contribution in [-0.4, -0.2) is 10.3 Å². The van der Waals surface area contributed by atoms with Crippen molar-refractivity contribution in [2.24, 2.45) is 4.99 Å². The van der Waals surface area contributed by atoms with Crippen molar-refractivity contribution in [2.45, 2.75) is 11.5 Å². The number of ether oxygens (including phenoxy) is 1. The molecule has 0 spiro atoms. The maximum absolute atomic E-state index is 11.7. The molecular formula is C18H14N2O2S3. The summed E-state index contributed by atoms with van der Waals surface area (Å²) < 4.78 is 10.1. The Hall–Kier alpha value is -2.22. The van der Waals surface area contributed by atoms with E-state index in [2.05, 4.69) is 9.37 Å². The molecule has 126 valence electrons. The van der Waals surface area contributed by atoms with Crippen LogP contribution in [-0.2, 0) is 16.1 Å². The van der Waals surface area contributed by atoms with Gasteiger partial charge in [-0.3, -0.25) is 0 Å². The van der Waals surface area contributed by atoms with Crippen LogP contribution in [0.3, 0.4) is 0 Å². The van der Waals surface area contributed by atoms with E-state index in [9.17, 15) is 4.79 Å². The standard InChI is InChI=1S/C18H14N2O2S3/c21-18(22-13-14-4-2-1-3-5-14)10-11-23-16-8-6-15(7-9-16)20-17-12-19-25-24-17/h1-12H,13H2/b11-10+,20-17?.